The van der Waals surface area contributed by atoms with Crippen molar-refractivity contribution >= 4 is 5.91 Å². The number of hydrogen-bond acceptors (Lipinski definition) is 3. The zero-order valence-electron chi connectivity index (χ0n) is 15.5. The maximum Gasteiger partial charge on any atom is 0.228 e. The molecule has 1 atom stereocenters. The summed E-state index contributed by atoms with van der Waals surface area (Å²) in [5.74, 6) is 0.141. The van der Waals surface area contributed by atoms with Crippen LogP contribution in [0.3, 0.4) is 0 Å². The van der Waals surface area contributed by atoms with E-state index in [0.29, 0.717) is 6.61 Å². The number of carbonyl (C=O) groups excluding carboxylic acids is 1. The first-order chi connectivity index (χ1) is 11.4. The number of hydrogen-bond donors (Lipinski definition) is 2. The highest BCUT2D eigenvalue weighted by Gasteiger charge is 2.40. The number of amides is 1. The summed E-state index contributed by atoms with van der Waals surface area (Å²) < 4.78 is 5.37. The van der Waals surface area contributed by atoms with Crippen LogP contribution >= 0.6 is 0 Å². The summed E-state index contributed by atoms with van der Waals surface area (Å²) in [6.07, 6.45) is 2.58. The molecule has 24 heavy (non-hydrogen) atoms. The summed E-state index contributed by atoms with van der Waals surface area (Å²) in [6.45, 7) is 8.82. The predicted molar refractivity (Wildman–Crippen MR) is 98.1 cm³/mol. The lowest BCUT2D eigenvalue weighted by molar-refractivity contribution is -0.137. The maximum absolute atomic E-state index is 12.9. The summed E-state index contributed by atoms with van der Waals surface area (Å²) in [5.41, 5.74) is 0.946. The molecule has 0 saturated carbocycles. The van der Waals surface area contributed by atoms with E-state index in [9.17, 15) is 4.79 Å². The second-order valence-corrected chi connectivity index (χ2v) is 7.79. The van der Waals surface area contributed by atoms with Crippen molar-refractivity contribution < 1.29 is 9.53 Å². The van der Waals surface area contributed by atoms with E-state index in [1.165, 1.54) is 5.56 Å². The normalized spacial score (nSPS) is 18.8. The molecule has 4 heteroatoms. The zero-order chi connectivity index (χ0) is 17.6. The monoisotopic (exact) mass is 332 g/mol. The van der Waals surface area contributed by atoms with Crippen molar-refractivity contribution in [2.24, 2.45) is 5.41 Å². The molecule has 0 aromatic heterocycles. The fourth-order valence-electron chi connectivity index (χ4n) is 3.82. The minimum Gasteiger partial charge on any atom is -0.384 e. The molecule has 4 nitrogen and oxygen atoms in total. The number of nitrogens with one attached hydrogen (secondary N) is 2. The molecule has 0 radical (unpaired) electrons. The number of benzene rings is 1. The van der Waals surface area contributed by atoms with Gasteiger partial charge in [-0.05, 0) is 50.3 Å². The lowest BCUT2D eigenvalue weighted by Crippen LogP contribution is -2.52. The molecule has 134 valence electrons. The van der Waals surface area contributed by atoms with Crippen LogP contribution in [-0.2, 0) is 14.9 Å². The third-order valence-corrected chi connectivity index (χ3v) is 5.21. The van der Waals surface area contributed by atoms with Gasteiger partial charge in [0.25, 0.3) is 0 Å². The van der Waals surface area contributed by atoms with Crippen molar-refractivity contribution in [2.75, 3.05) is 26.8 Å². The first-order valence-corrected chi connectivity index (χ1v) is 8.96. The minimum atomic E-state index is -0.384. The summed E-state index contributed by atoms with van der Waals surface area (Å²) in [4.78, 5) is 12.9. The van der Waals surface area contributed by atoms with Crippen LogP contribution in [0, 0.1) is 5.41 Å². The molecular weight excluding hydrogens is 300 g/mol. The van der Waals surface area contributed by atoms with Crippen molar-refractivity contribution in [3.63, 3.8) is 0 Å². The zero-order valence-corrected chi connectivity index (χ0v) is 15.5. The Balaban J connectivity index is 2.00. The van der Waals surface area contributed by atoms with Crippen LogP contribution in [-0.4, -0.2) is 38.8 Å². The smallest absolute Gasteiger partial charge is 0.228 e. The molecule has 0 spiro atoms. The van der Waals surface area contributed by atoms with Gasteiger partial charge in [0.2, 0.25) is 5.91 Å². The lowest BCUT2D eigenvalue weighted by Gasteiger charge is -2.37. The molecule has 1 unspecified atom stereocenters. The van der Waals surface area contributed by atoms with Crippen LogP contribution in [0.4, 0.5) is 0 Å². The molecule has 1 heterocycles. The highest BCUT2D eigenvalue weighted by atomic mass is 16.5. The van der Waals surface area contributed by atoms with Crippen molar-refractivity contribution in [1.29, 1.82) is 0 Å². The third-order valence-electron chi connectivity index (χ3n) is 5.21. The van der Waals surface area contributed by atoms with E-state index in [1.807, 2.05) is 6.07 Å². The van der Waals surface area contributed by atoms with Gasteiger partial charge in [0.1, 0.15) is 0 Å². The Bertz CT molecular complexity index is 516. The molecule has 1 aromatic carbocycles. The molecule has 2 rings (SSSR count). The molecule has 1 fully saturated rings. The van der Waals surface area contributed by atoms with Crippen LogP contribution in [0.5, 0.6) is 0 Å². The molecule has 1 amide bonds. The number of rotatable bonds is 7. The SMILES string of the molecule is COCC1(C(=O)NC(C)CC(C)(C)c2ccccc2)CCNCC1. The molecule has 1 aromatic rings. The van der Waals surface area contributed by atoms with E-state index in [-0.39, 0.29) is 22.8 Å². The first kappa shape index (κ1) is 18.9. The van der Waals surface area contributed by atoms with Crippen molar-refractivity contribution in [2.45, 2.75) is 51.5 Å². The largest absolute Gasteiger partial charge is 0.384 e. The van der Waals surface area contributed by atoms with Crippen LogP contribution in [0.2, 0.25) is 0 Å². The number of ether oxygens (including phenoxy) is 1. The van der Waals surface area contributed by atoms with E-state index in [2.05, 4.69) is 55.7 Å². The van der Waals surface area contributed by atoms with Gasteiger partial charge >= 0.3 is 0 Å². The quantitative estimate of drug-likeness (QED) is 0.807. The predicted octanol–water partition coefficient (Wildman–Crippen LogP) is 2.88. The van der Waals surface area contributed by atoms with E-state index in [0.717, 1.165) is 32.4 Å². The molecule has 1 saturated heterocycles. The third kappa shape index (κ3) is 4.58. The van der Waals surface area contributed by atoms with Gasteiger partial charge in [0.15, 0.2) is 0 Å². The van der Waals surface area contributed by atoms with Crippen molar-refractivity contribution in [3.8, 4) is 0 Å². The summed E-state index contributed by atoms with van der Waals surface area (Å²) >= 11 is 0. The molecule has 1 aliphatic heterocycles. The van der Waals surface area contributed by atoms with Crippen molar-refractivity contribution in [1.82, 2.24) is 10.6 Å². The van der Waals surface area contributed by atoms with Gasteiger partial charge < -0.3 is 15.4 Å². The minimum absolute atomic E-state index is 0.0243. The summed E-state index contributed by atoms with van der Waals surface area (Å²) in [7, 11) is 1.68. The maximum atomic E-state index is 12.9. The fraction of sp³-hybridized carbons (Fsp3) is 0.650. The van der Waals surface area contributed by atoms with Crippen LogP contribution in [0.25, 0.3) is 0 Å². The van der Waals surface area contributed by atoms with E-state index in [4.69, 9.17) is 4.74 Å². The summed E-state index contributed by atoms with van der Waals surface area (Å²) in [5, 5.41) is 6.58. The van der Waals surface area contributed by atoms with Gasteiger partial charge in [0, 0.05) is 13.2 Å². The Kier molecular flexibility index (Phi) is 6.41. The molecule has 0 bridgehead atoms. The Labute approximate surface area is 146 Å². The second-order valence-electron chi connectivity index (χ2n) is 7.79. The average Bonchev–Trinajstić information content (AvgIpc) is 2.56. The number of carbonyl (C=O) groups is 1. The van der Waals surface area contributed by atoms with Gasteiger partial charge in [-0.25, -0.2) is 0 Å². The molecule has 2 N–H and O–H groups in total. The van der Waals surface area contributed by atoms with E-state index >= 15 is 0 Å². The topological polar surface area (TPSA) is 50.4 Å². The van der Waals surface area contributed by atoms with Gasteiger partial charge in [-0.15, -0.1) is 0 Å². The molecular formula is C20H32N2O2. The number of piperidine rings is 1. The fourth-order valence-corrected chi connectivity index (χ4v) is 3.82. The Morgan fingerprint density at radius 1 is 1.29 bits per heavy atom. The Morgan fingerprint density at radius 3 is 2.50 bits per heavy atom. The lowest BCUT2D eigenvalue weighted by atomic mass is 9.77. The number of methoxy groups -OCH3 is 1. The van der Waals surface area contributed by atoms with Crippen molar-refractivity contribution in [3.05, 3.63) is 35.9 Å². The van der Waals surface area contributed by atoms with E-state index < -0.39 is 0 Å². The van der Waals surface area contributed by atoms with E-state index in [1.54, 1.807) is 7.11 Å². The Hall–Kier alpha value is -1.39. The van der Waals surface area contributed by atoms with Gasteiger partial charge in [-0.3, -0.25) is 4.79 Å². The highest BCUT2D eigenvalue weighted by molar-refractivity contribution is 5.83. The van der Waals surface area contributed by atoms with Crippen LogP contribution in [0.1, 0.15) is 45.6 Å². The highest BCUT2D eigenvalue weighted by Crippen LogP contribution is 2.31. The molecule has 1 aliphatic rings. The first-order valence-electron chi connectivity index (χ1n) is 8.96. The standard InChI is InChI=1S/C20H32N2O2/c1-16(14-19(2,3)17-8-6-5-7-9-17)22-18(23)20(15-24-4)10-12-21-13-11-20/h5-9,16,21H,10-15H2,1-4H3,(H,22,23). The average molecular weight is 332 g/mol. The summed E-state index contributed by atoms with van der Waals surface area (Å²) in [6, 6.07) is 10.6. The molecule has 0 aliphatic carbocycles. The van der Waals surface area contributed by atoms with Gasteiger partial charge in [0.05, 0.1) is 12.0 Å². The van der Waals surface area contributed by atoms with Crippen LogP contribution < -0.4 is 10.6 Å². The second kappa shape index (κ2) is 8.13. The van der Waals surface area contributed by atoms with Gasteiger partial charge in [-0.2, -0.15) is 0 Å². The van der Waals surface area contributed by atoms with Gasteiger partial charge in [-0.1, -0.05) is 44.2 Å². The van der Waals surface area contributed by atoms with Crippen LogP contribution in [0.15, 0.2) is 30.3 Å². The Morgan fingerprint density at radius 2 is 1.92 bits per heavy atom.